The van der Waals surface area contributed by atoms with E-state index in [0.717, 1.165) is 12.8 Å². The van der Waals surface area contributed by atoms with E-state index in [0.29, 0.717) is 18.8 Å². The van der Waals surface area contributed by atoms with Crippen molar-refractivity contribution in [2.75, 3.05) is 13.2 Å². The lowest BCUT2D eigenvalue weighted by Gasteiger charge is -2.23. The molecule has 0 spiro atoms. The maximum Gasteiger partial charge on any atom is 0.165 e. The van der Waals surface area contributed by atoms with Crippen LogP contribution in [0, 0.1) is 11.2 Å². The predicted molar refractivity (Wildman–Crippen MR) is 61.9 cm³/mol. The molecule has 17 heavy (non-hydrogen) atoms. The third-order valence-electron chi connectivity index (χ3n) is 2.70. The zero-order valence-electron chi connectivity index (χ0n) is 9.41. The lowest BCUT2D eigenvalue weighted by Crippen LogP contribution is -2.26. The molecule has 3 N–H and O–H groups in total. The summed E-state index contributed by atoms with van der Waals surface area (Å²) in [6.45, 7) is 1.30. The molecule has 1 aromatic carbocycles. The molecule has 0 radical (unpaired) electrons. The van der Waals surface area contributed by atoms with E-state index < -0.39 is 5.82 Å². The highest BCUT2D eigenvalue weighted by molar-refractivity contribution is 5.95. The molecule has 0 amide bonds. The minimum Gasteiger partial charge on any atom is -0.487 e. The van der Waals surface area contributed by atoms with Crippen LogP contribution < -0.4 is 10.5 Å². The van der Waals surface area contributed by atoms with Gasteiger partial charge in [-0.3, -0.25) is 5.41 Å². The molecule has 0 atom stereocenters. The third-order valence-corrected chi connectivity index (χ3v) is 2.70. The standard InChI is InChI=1S/C12H15FN2O2/c13-10-7-8(12(14)15)1-2-11(10)17-9-3-5-16-6-4-9/h1-2,7,9H,3-6H2,(H3,14,15). The zero-order chi connectivity index (χ0) is 12.3. The Labute approximate surface area is 99.0 Å². The van der Waals surface area contributed by atoms with Gasteiger partial charge in [0.2, 0.25) is 0 Å². The molecular formula is C12H15FN2O2. The quantitative estimate of drug-likeness (QED) is 0.621. The van der Waals surface area contributed by atoms with Crippen LogP contribution in [0.15, 0.2) is 18.2 Å². The first kappa shape index (κ1) is 11.9. The van der Waals surface area contributed by atoms with Gasteiger partial charge in [-0.05, 0) is 18.2 Å². The van der Waals surface area contributed by atoms with E-state index in [2.05, 4.69) is 0 Å². The second kappa shape index (κ2) is 5.14. The molecule has 1 heterocycles. The number of benzene rings is 1. The summed E-state index contributed by atoms with van der Waals surface area (Å²) < 4.78 is 24.4. The fraction of sp³-hybridized carbons (Fsp3) is 0.417. The van der Waals surface area contributed by atoms with Crippen molar-refractivity contribution in [3.8, 4) is 5.75 Å². The third kappa shape index (κ3) is 2.94. The number of amidine groups is 1. The van der Waals surface area contributed by atoms with E-state index in [4.69, 9.17) is 20.6 Å². The van der Waals surface area contributed by atoms with E-state index in [9.17, 15) is 4.39 Å². The average molecular weight is 238 g/mol. The van der Waals surface area contributed by atoms with Gasteiger partial charge in [-0.15, -0.1) is 0 Å². The number of ether oxygens (including phenoxy) is 2. The van der Waals surface area contributed by atoms with Crippen molar-refractivity contribution in [2.45, 2.75) is 18.9 Å². The topological polar surface area (TPSA) is 68.3 Å². The second-order valence-corrected chi connectivity index (χ2v) is 3.99. The maximum absolute atomic E-state index is 13.7. The van der Waals surface area contributed by atoms with Gasteiger partial charge in [0, 0.05) is 18.4 Å². The highest BCUT2D eigenvalue weighted by Gasteiger charge is 2.17. The molecule has 1 aliphatic heterocycles. The average Bonchev–Trinajstić information content (AvgIpc) is 2.33. The summed E-state index contributed by atoms with van der Waals surface area (Å²) in [5.41, 5.74) is 5.64. The van der Waals surface area contributed by atoms with Gasteiger partial charge < -0.3 is 15.2 Å². The van der Waals surface area contributed by atoms with E-state index in [1.54, 1.807) is 6.07 Å². The van der Waals surface area contributed by atoms with E-state index in [1.807, 2.05) is 0 Å². The van der Waals surface area contributed by atoms with Crippen LogP contribution in [-0.4, -0.2) is 25.2 Å². The fourth-order valence-corrected chi connectivity index (χ4v) is 1.74. The molecule has 0 saturated carbocycles. The molecule has 0 unspecified atom stereocenters. The molecule has 1 aromatic rings. The van der Waals surface area contributed by atoms with Crippen molar-refractivity contribution in [3.63, 3.8) is 0 Å². The smallest absolute Gasteiger partial charge is 0.165 e. The molecular weight excluding hydrogens is 223 g/mol. The van der Waals surface area contributed by atoms with Crippen LogP contribution in [-0.2, 0) is 4.74 Å². The fourth-order valence-electron chi connectivity index (χ4n) is 1.74. The van der Waals surface area contributed by atoms with Crippen LogP contribution in [0.2, 0.25) is 0 Å². The summed E-state index contributed by atoms with van der Waals surface area (Å²) in [6.07, 6.45) is 1.54. The van der Waals surface area contributed by atoms with Crippen molar-refractivity contribution < 1.29 is 13.9 Å². The van der Waals surface area contributed by atoms with Crippen LogP contribution in [0.5, 0.6) is 5.75 Å². The lowest BCUT2D eigenvalue weighted by molar-refractivity contribution is 0.0240. The molecule has 1 fully saturated rings. The SMILES string of the molecule is N=C(N)c1ccc(OC2CCOCC2)c(F)c1. The van der Waals surface area contributed by atoms with Crippen LogP contribution >= 0.6 is 0 Å². The Hall–Kier alpha value is -1.62. The zero-order valence-corrected chi connectivity index (χ0v) is 9.41. The summed E-state index contributed by atoms with van der Waals surface area (Å²) in [6, 6.07) is 4.32. The molecule has 1 saturated heterocycles. The summed E-state index contributed by atoms with van der Waals surface area (Å²) >= 11 is 0. The molecule has 0 aromatic heterocycles. The molecule has 92 valence electrons. The van der Waals surface area contributed by atoms with Crippen LogP contribution in [0.4, 0.5) is 4.39 Å². The lowest BCUT2D eigenvalue weighted by atomic mass is 10.1. The van der Waals surface area contributed by atoms with Gasteiger partial charge in [-0.2, -0.15) is 0 Å². The molecule has 1 aliphatic rings. The number of nitrogen functional groups attached to an aromatic ring is 1. The molecule has 2 rings (SSSR count). The van der Waals surface area contributed by atoms with Crippen molar-refractivity contribution in [1.82, 2.24) is 0 Å². The molecule has 0 aliphatic carbocycles. The van der Waals surface area contributed by atoms with Gasteiger partial charge in [0.1, 0.15) is 11.9 Å². The monoisotopic (exact) mass is 238 g/mol. The van der Waals surface area contributed by atoms with Gasteiger partial charge in [0.25, 0.3) is 0 Å². The number of hydrogen-bond donors (Lipinski definition) is 2. The summed E-state index contributed by atoms with van der Waals surface area (Å²) in [7, 11) is 0. The van der Waals surface area contributed by atoms with E-state index in [-0.39, 0.29) is 17.7 Å². The summed E-state index contributed by atoms with van der Waals surface area (Å²) in [5.74, 6) is -0.424. The van der Waals surface area contributed by atoms with Crippen LogP contribution in [0.3, 0.4) is 0 Å². The maximum atomic E-state index is 13.7. The molecule has 4 nitrogen and oxygen atoms in total. The first-order valence-electron chi connectivity index (χ1n) is 5.55. The number of rotatable bonds is 3. The molecule has 5 heteroatoms. The van der Waals surface area contributed by atoms with Crippen LogP contribution in [0.25, 0.3) is 0 Å². The Morgan fingerprint density at radius 3 is 2.71 bits per heavy atom. The van der Waals surface area contributed by atoms with Gasteiger partial charge >= 0.3 is 0 Å². The van der Waals surface area contributed by atoms with Crippen molar-refractivity contribution >= 4 is 5.84 Å². The Morgan fingerprint density at radius 2 is 2.12 bits per heavy atom. The van der Waals surface area contributed by atoms with Crippen molar-refractivity contribution in [3.05, 3.63) is 29.6 Å². The summed E-state index contributed by atoms with van der Waals surface area (Å²) in [4.78, 5) is 0. The number of nitrogens with one attached hydrogen (secondary N) is 1. The van der Waals surface area contributed by atoms with Gasteiger partial charge in [0.15, 0.2) is 11.6 Å². The number of hydrogen-bond acceptors (Lipinski definition) is 3. The predicted octanol–water partition coefficient (Wildman–Crippen LogP) is 1.67. The Morgan fingerprint density at radius 1 is 1.41 bits per heavy atom. The Kier molecular flexibility index (Phi) is 3.58. The van der Waals surface area contributed by atoms with Crippen LogP contribution in [0.1, 0.15) is 18.4 Å². The van der Waals surface area contributed by atoms with Crippen molar-refractivity contribution in [1.29, 1.82) is 5.41 Å². The van der Waals surface area contributed by atoms with E-state index in [1.165, 1.54) is 12.1 Å². The van der Waals surface area contributed by atoms with Gasteiger partial charge in [0.05, 0.1) is 13.2 Å². The van der Waals surface area contributed by atoms with E-state index >= 15 is 0 Å². The second-order valence-electron chi connectivity index (χ2n) is 3.99. The normalized spacial score (nSPS) is 16.8. The number of halogens is 1. The largest absolute Gasteiger partial charge is 0.487 e. The highest BCUT2D eigenvalue weighted by Crippen LogP contribution is 2.22. The molecule has 0 bridgehead atoms. The highest BCUT2D eigenvalue weighted by atomic mass is 19.1. The first-order valence-corrected chi connectivity index (χ1v) is 5.55. The van der Waals surface area contributed by atoms with Gasteiger partial charge in [-0.1, -0.05) is 0 Å². The minimum atomic E-state index is -0.482. The Bertz CT molecular complexity index is 417. The number of nitrogens with two attached hydrogens (primary N) is 1. The summed E-state index contributed by atoms with van der Waals surface area (Å²) in [5, 5.41) is 7.21. The first-order chi connectivity index (χ1) is 8.16. The van der Waals surface area contributed by atoms with Crippen molar-refractivity contribution in [2.24, 2.45) is 5.73 Å². The Balaban J connectivity index is 2.08. The minimum absolute atomic E-state index is 0.00132. The van der Waals surface area contributed by atoms with Gasteiger partial charge in [-0.25, -0.2) is 4.39 Å².